The fraction of sp³-hybridized carbons (Fsp3) is 0.452. The van der Waals surface area contributed by atoms with Gasteiger partial charge in [-0.2, -0.15) is 47.5 Å². The summed E-state index contributed by atoms with van der Waals surface area (Å²) in [7, 11) is 0. The maximum absolute atomic E-state index is 3.69. The van der Waals surface area contributed by atoms with E-state index in [0.717, 1.165) is 25.7 Å². The van der Waals surface area contributed by atoms with Crippen LogP contribution in [0.3, 0.4) is 0 Å². The van der Waals surface area contributed by atoms with E-state index >= 15 is 0 Å². The molecule has 4 aliphatic carbocycles. The number of hydrogen-bond donors (Lipinski definition) is 0. The van der Waals surface area contributed by atoms with Gasteiger partial charge in [-0.1, -0.05) is 143 Å². The first-order valence-corrected chi connectivity index (χ1v) is 25.8. The van der Waals surface area contributed by atoms with E-state index in [9.17, 15) is 0 Å². The Labute approximate surface area is 447 Å². The molecule has 4 aliphatic rings. The Morgan fingerprint density at radius 1 is 0.439 bits per heavy atom. The molecule has 0 aliphatic heterocycles. The molecule has 4 aromatic rings. The summed E-state index contributed by atoms with van der Waals surface area (Å²) in [5.74, 6) is 0. The SMILES string of the molecule is C[C](C)=[Zr+2].C[C](C)=[Zr+2].Cc1[c-]c2c(cc1C(C)(C)C)-c1cc(C(C)(C)C)c(C)cc1C2.Cc1[c-]c2c(cc1C(C)(C)C)-c1cc(C(C)(C)C)c(C)cc1C2.[C-]1=CC=CC1.[C-]1=CC=CC1.[Cl-].[Cl-]. The average Bonchev–Trinajstić information content (AvgIpc) is 3.97. The molecule has 0 saturated carbocycles. The van der Waals surface area contributed by atoms with Crippen LogP contribution in [-0.4, -0.2) is 6.41 Å². The van der Waals surface area contributed by atoms with E-state index in [1.165, 1.54) is 95.4 Å². The quantitative estimate of drug-likeness (QED) is 0.133. The van der Waals surface area contributed by atoms with E-state index in [-0.39, 0.29) is 46.5 Å². The van der Waals surface area contributed by atoms with Crippen molar-refractivity contribution in [3.05, 3.63) is 164 Å². The van der Waals surface area contributed by atoms with Gasteiger partial charge in [0, 0.05) is 0 Å². The van der Waals surface area contributed by atoms with Crippen LogP contribution in [0, 0.1) is 52.0 Å². The summed E-state index contributed by atoms with van der Waals surface area (Å²) in [5.41, 5.74) is 23.2. The van der Waals surface area contributed by atoms with Crippen LogP contribution in [0.25, 0.3) is 22.3 Å². The van der Waals surface area contributed by atoms with Crippen LogP contribution in [-0.2, 0) is 83.0 Å². The zero-order valence-electron chi connectivity index (χ0n) is 44.5. The van der Waals surface area contributed by atoms with Gasteiger partial charge in [-0.3, -0.25) is 12.2 Å². The molecule has 0 saturated heterocycles. The normalized spacial score (nSPS) is 13.2. The van der Waals surface area contributed by atoms with Crippen molar-refractivity contribution in [1.29, 1.82) is 0 Å². The second-order valence-electron chi connectivity index (χ2n) is 22.4. The molecule has 0 heterocycles. The summed E-state index contributed by atoms with van der Waals surface area (Å²) in [5, 5.41) is 0. The first-order valence-electron chi connectivity index (χ1n) is 23.3. The molecule has 0 N–H and O–H groups in total. The molecule has 352 valence electrons. The van der Waals surface area contributed by atoms with Gasteiger partial charge in [-0.05, 0) is 70.9 Å². The molecule has 0 fully saturated rings. The fourth-order valence-electron chi connectivity index (χ4n) is 8.73. The van der Waals surface area contributed by atoms with Crippen LogP contribution in [0.15, 0.2) is 72.9 Å². The Hall–Kier alpha value is -2.07. The molecule has 0 spiro atoms. The summed E-state index contributed by atoms with van der Waals surface area (Å²) < 4.78 is 3.01. The Morgan fingerprint density at radius 3 is 0.924 bits per heavy atom. The molecule has 4 heteroatoms. The number of benzene rings is 4. The van der Waals surface area contributed by atoms with Crippen molar-refractivity contribution in [2.24, 2.45) is 0 Å². The number of fused-ring (bicyclic) bond motifs is 6. The minimum absolute atomic E-state index is 0. The summed E-state index contributed by atoms with van der Waals surface area (Å²) in [4.78, 5) is 0. The maximum atomic E-state index is 3.69. The Morgan fingerprint density at radius 2 is 0.712 bits per heavy atom. The molecular weight excluding hydrogens is 998 g/mol. The van der Waals surface area contributed by atoms with Crippen LogP contribution in [0.1, 0.15) is 190 Å². The van der Waals surface area contributed by atoms with Gasteiger partial charge in [-0.25, -0.2) is 24.3 Å². The van der Waals surface area contributed by atoms with E-state index in [0.29, 0.717) is 0 Å². The van der Waals surface area contributed by atoms with Crippen LogP contribution in [0.5, 0.6) is 0 Å². The van der Waals surface area contributed by atoms with E-state index in [1.54, 1.807) is 48.5 Å². The van der Waals surface area contributed by atoms with Crippen molar-refractivity contribution in [2.75, 3.05) is 0 Å². The second-order valence-corrected chi connectivity index (χ2v) is 27.3. The first kappa shape index (κ1) is 61.9. The largest absolute Gasteiger partial charge is 1.00 e. The topological polar surface area (TPSA) is 0 Å². The van der Waals surface area contributed by atoms with Gasteiger partial charge < -0.3 is 24.8 Å². The monoisotopic (exact) mass is 1070 g/mol. The van der Waals surface area contributed by atoms with Gasteiger partial charge in [-0.15, -0.1) is 46.2 Å². The Balaban J connectivity index is 0.000000470. The van der Waals surface area contributed by atoms with Crippen LogP contribution in [0.4, 0.5) is 0 Å². The predicted octanol–water partition coefficient (Wildman–Crippen LogP) is 10.6. The van der Waals surface area contributed by atoms with Gasteiger partial charge in [0.15, 0.2) is 0 Å². The van der Waals surface area contributed by atoms with Crippen LogP contribution < -0.4 is 24.8 Å². The smallest absolute Gasteiger partial charge is 0.0129 e. The molecule has 0 unspecified atom stereocenters. The molecular formula is C62H80Cl2Zr2-2. The first-order chi connectivity index (χ1) is 29.4. The zero-order chi connectivity index (χ0) is 48.5. The summed E-state index contributed by atoms with van der Waals surface area (Å²) in [6.45, 7) is 45.0. The van der Waals surface area contributed by atoms with Gasteiger partial charge in [0.1, 0.15) is 0 Å². The molecule has 66 heavy (non-hydrogen) atoms. The Kier molecular flexibility index (Phi) is 24.6. The maximum Gasteiger partial charge on any atom is -0.0129 e. The van der Waals surface area contributed by atoms with Crippen molar-refractivity contribution in [2.45, 2.75) is 186 Å². The molecule has 8 rings (SSSR count). The predicted molar refractivity (Wildman–Crippen MR) is 277 cm³/mol. The van der Waals surface area contributed by atoms with E-state index in [1.807, 2.05) is 24.3 Å². The molecule has 0 bridgehead atoms. The van der Waals surface area contributed by atoms with Gasteiger partial charge in [0.05, 0.1) is 0 Å². The summed E-state index contributed by atoms with van der Waals surface area (Å²) in [6.07, 6.45) is 22.1. The molecule has 0 radical (unpaired) electrons. The number of rotatable bonds is 0. The summed E-state index contributed by atoms with van der Waals surface area (Å²) >= 11 is 3.11. The molecule has 0 nitrogen and oxygen atoms in total. The molecule has 0 atom stereocenters. The van der Waals surface area contributed by atoms with Gasteiger partial charge in [0.25, 0.3) is 0 Å². The standard InChI is InChI=1S/2C23H29.2C5H5.2C3H6.2ClH.2Zr/c2*1-14-9-16-11-17-10-15(2)21(23(6,7)8)13-19(17)18(16)12-20(14)22(3,4)5;2*1-2-4-5-3-1;2*1-3-2;;;;/h2*9,12-13H,11H2,1-8H3;2*1-3H,4H2;2*1-2H3;2*1H;;/q4*-1;;;;;2*+2/p-2. The average molecular weight is 1080 g/mol. The fourth-order valence-corrected chi connectivity index (χ4v) is 8.73. The number of halogens is 2. The van der Waals surface area contributed by atoms with Gasteiger partial charge in [0.2, 0.25) is 0 Å². The van der Waals surface area contributed by atoms with Crippen molar-refractivity contribution in [1.82, 2.24) is 0 Å². The summed E-state index contributed by atoms with van der Waals surface area (Å²) in [6, 6.07) is 21.9. The van der Waals surface area contributed by atoms with E-state index < -0.39 is 0 Å². The third-order valence-electron chi connectivity index (χ3n) is 11.3. The molecule has 4 aromatic carbocycles. The van der Waals surface area contributed by atoms with Crippen molar-refractivity contribution < 1.29 is 73.3 Å². The third kappa shape index (κ3) is 18.3. The molecule has 0 amide bonds. The number of allylic oxidation sites excluding steroid dienone is 8. The van der Waals surface area contributed by atoms with Crippen LogP contribution >= 0.6 is 0 Å². The van der Waals surface area contributed by atoms with Crippen LogP contribution in [0.2, 0.25) is 0 Å². The van der Waals surface area contributed by atoms with Crippen molar-refractivity contribution in [3.63, 3.8) is 0 Å². The van der Waals surface area contributed by atoms with E-state index in [4.69, 9.17) is 0 Å². The number of aryl methyl sites for hydroxylation is 4. The molecule has 0 aromatic heterocycles. The Bertz CT molecular complexity index is 2090. The number of hydrogen-bond acceptors (Lipinski definition) is 0. The van der Waals surface area contributed by atoms with Crippen molar-refractivity contribution in [3.8, 4) is 22.3 Å². The van der Waals surface area contributed by atoms with Gasteiger partial charge >= 0.3 is 82.6 Å². The third-order valence-corrected chi connectivity index (χ3v) is 11.3. The minimum atomic E-state index is 0. The second kappa shape index (κ2) is 26.2. The minimum Gasteiger partial charge on any atom is -1.00 e. The zero-order valence-corrected chi connectivity index (χ0v) is 50.9. The van der Waals surface area contributed by atoms with E-state index in [2.05, 4.69) is 211 Å². The van der Waals surface area contributed by atoms with Crippen molar-refractivity contribution >= 4 is 6.41 Å².